The number of aromatic amines is 1. The third-order valence-corrected chi connectivity index (χ3v) is 3.38. The highest BCUT2D eigenvalue weighted by atomic mass is 32.2. The summed E-state index contributed by atoms with van der Waals surface area (Å²) in [4.78, 5) is 19.9. The van der Waals surface area contributed by atoms with Crippen LogP contribution in [0.5, 0.6) is 0 Å². The maximum absolute atomic E-state index is 11.6. The number of thioether (sulfide) groups is 1. The van der Waals surface area contributed by atoms with Crippen LogP contribution in [0.1, 0.15) is 13.8 Å². The molecular formula is C12H15N5OS. The molecule has 2 rings (SSSR count). The van der Waals surface area contributed by atoms with Gasteiger partial charge in [-0.15, -0.1) is 5.10 Å². The van der Waals surface area contributed by atoms with Gasteiger partial charge in [0.1, 0.15) is 0 Å². The Bertz CT molecular complexity index is 542. The molecule has 7 heteroatoms. The minimum absolute atomic E-state index is 0.0113. The zero-order valence-corrected chi connectivity index (χ0v) is 11.6. The molecule has 19 heavy (non-hydrogen) atoms. The largest absolute Gasteiger partial charge is 0.355 e. The number of carbonyl (C=O) groups is 1. The van der Waals surface area contributed by atoms with Crippen LogP contribution in [0, 0.1) is 0 Å². The maximum atomic E-state index is 11.6. The van der Waals surface area contributed by atoms with E-state index in [1.807, 2.05) is 26.0 Å². The van der Waals surface area contributed by atoms with Gasteiger partial charge in [0.2, 0.25) is 11.1 Å². The van der Waals surface area contributed by atoms with Gasteiger partial charge in [-0.2, -0.15) is 0 Å². The number of nitrogens with zero attached hydrogens (tertiary/aromatic N) is 3. The minimum atomic E-state index is -0.221. The molecule has 0 bridgehead atoms. The van der Waals surface area contributed by atoms with E-state index in [-0.39, 0.29) is 11.2 Å². The number of pyridine rings is 1. The summed E-state index contributed by atoms with van der Waals surface area (Å²) < 4.78 is 0. The lowest BCUT2D eigenvalue weighted by Crippen LogP contribution is -2.30. The van der Waals surface area contributed by atoms with Gasteiger partial charge in [0, 0.05) is 24.5 Å². The van der Waals surface area contributed by atoms with Crippen LogP contribution in [-0.2, 0) is 4.79 Å². The zero-order chi connectivity index (χ0) is 13.7. The van der Waals surface area contributed by atoms with Gasteiger partial charge in [-0.3, -0.25) is 14.9 Å². The number of hydrogen-bond acceptors (Lipinski definition) is 5. The Hall–Kier alpha value is -1.89. The highest BCUT2D eigenvalue weighted by Crippen LogP contribution is 2.22. The second kappa shape index (κ2) is 6.33. The van der Waals surface area contributed by atoms with Gasteiger partial charge >= 0.3 is 0 Å². The molecule has 2 heterocycles. The molecule has 2 aromatic heterocycles. The van der Waals surface area contributed by atoms with Crippen LogP contribution in [0.2, 0.25) is 0 Å². The van der Waals surface area contributed by atoms with Crippen molar-refractivity contribution in [3.8, 4) is 11.4 Å². The molecule has 0 spiro atoms. The van der Waals surface area contributed by atoms with Gasteiger partial charge in [-0.1, -0.05) is 11.8 Å². The minimum Gasteiger partial charge on any atom is -0.355 e. The highest BCUT2D eigenvalue weighted by Gasteiger charge is 2.16. The predicted molar refractivity (Wildman–Crippen MR) is 73.6 cm³/mol. The van der Waals surface area contributed by atoms with E-state index in [1.165, 1.54) is 11.8 Å². The van der Waals surface area contributed by atoms with Crippen molar-refractivity contribution in [2.75, 3.05) is 6.54 Å². The summed E-state index contributed by atoms with van der Waals surface area (Å²) >= 11 is 1.33. The van der Waals surface area contributed by atoms with E-state index < -0.39 is 0 Å². The molecule has 1 amide bonds. The number of rotatable bonds is 5. The molecule has 0 aliphatic carbocycles. The fraction of sp³-hybridized carbons (Fsp3) is 0.333. The van der Waals surface area contributed by atoms with Gasteiger partial charge < -0.3 is 5.32 Å². The molecule has 0 aliphatic heterocycles. The number of carbonyl (C=O) groups excluding carboxylic acids is 1. The van der Waals surface area contributed by atoms with Crippen molar-refractivity contribution in [2.45, 2.75) is 24.3 Å². The first-order valence-corrected chi connectivity index (χ1v) is 6.86. The first-order chi connectivity index (χ1) is 9.20. The fourth-order valence-corrected chi connectivity index (χ4v) is 2.22. The van der Waals surface area contributed by atoms with E-state index in [1.54, 1.807) is 12.4 Å². The molecule has 0 radical (unpaired) electrons. The van der Waals surface area contributed by atoms with Gasteiger partial charge in [0.05, 0.1) is 5.25 Å². The zero-order valence-electron chi connectivity index (χ0n) is 10.8. The second-order valence-electron chi connectivity index (χ2n) is 3.86. The van der Waals surface area contributed by atoms with Crippen LogP contribution in [-0.4, -0.2) is 37.9 Å². The quantitative estimate of drug-likeness (QED) is 0.809. The highest BCUT2D eigenvalue weighted by molar-refractivity contribution is 8.00. The summed E-state index contributed by atoms with van der Waals surface area (Å²) in [5.41, 5.74) is 0.917. The molecule has 6 nitrogen and oxygen atoms in total. The summed E-state index contributed by atoms with van der Waals surface area (Å²) in [6, 6.07) is 3.70. The van der Waals surface area contributed by atoms with E-state index in [0.717, 1.165) is 5.56 Å². The normalized spacial score (nSPS) is 12.1. The van der Waals surface area contributed by atoms with Crippen LogP contribution >= 0.6 is 11.8 Å². The van der Waals surface area contributed by atoms with E-state index in [2.05, 4.69) is 25.5 Å². The summed E-state index contributed by atoms with van der Waals surface area (Å²) in [7, 11) is 0. The van der Waals surface area contributed by atoms with E-state index in [0.29, 0.717) is 17.5 Å². The third-order valence-electron chi connectivity index (χ3n) is 2.42. The summed E-state index contributed by atoms with van der Waals surface area (Å²) in [5.74, 6) is 0.663. The lowest BCUT2D eigenvalue weighted by atomic mass is 10.3. The van der Waals surface area contributed by atoms with Crippen molar-refractivity contribution in [2.24, 2.45) is 0 Å². The molecule has 0 unspecified atom stereocenters. The summed E-state index contributed by atoms with van der Waals surface area (Å²) in [6.07, 6.45) is 3.39. The predicted octanol–water partition coefficient (Wildman–Crippen LogP) is 1.48. The van der Waals surface area contributed by atoms with Crippen LogP contribution in [0.15, 0.2) is 29.7 Å². The average Bonchev–Trinajstić information content (AvgIpc) is 2.88. The number of H-pyrrole nitrogens is 1. The molecule has 2 aromatic rings. The average molecular weight is 277 g/mol. The SMILES string of the molecule is CCNC(=O)[C@H](C)Sc1n[nH]c(-c2ccncc2)n1. The van der Waals surface area contributed by atoms with Crippen molar-refractivity contribution in [1.29, 1.82) is 0 Å². The molecule has 0 aliphatic rings. The van der Waals surface area contributed by atoms with Crippen molar-refractivity contribution in [3.05, 3.63) is 24.5 Å². The Morgan fingerprint density at radius 2 is 2.21 bits per heavy atom. The number of hydrogen-bond donors (Lipinski definition) is 2. The molecule has 100 valence electrons. The first kappa shape index (κ1) is 13.5. The van der Waals surface area contributed by atoms with Gasteiger partial charge in [-0.05, 0) is 26.0 Å². The Labute approximate surface area is 115 Å². The molecular weight excluding hydrogens is 262 g/mol. The monoisotopic (exact) mass is 277 g/mol. The third kappa shape index (κ3) is 3.54. The Morgan fingerprint density at radius 1 is 1.47 bits per heavy atom. The smallest absolute Gasteiger partial charge is 0.233 e. The van der Waals surface area contributed by atoms with Crippen molar-refractivity contribution < 1.29 is 4.79 Å². The van der Waals surface area contributed by atoms with Crippen molar-refractivity contribution in [3.63, 3.8) is 0 Å². The van der Waals surface area contributed by atoms with Crippen LogP contribution in [0.4, 0.5) is 0 Å². The fourth-order valence-electron chi connectivity index (χ4n) is 1.47. The number of aromatic nitrogens is 4. The molecule has 0 aromatic carbocycles. The summed E-state index contributed by atoms with van der Waals surface area (Å²) in [6.45, 7) is 4.35. The van der Waals surface area contributed by atoms with Crippen LogP contribution in [0.3, 0.4) is 0 Å². The van der Waals surface area contributed by atoms with E-state index >= 15 is 0 Å². The Balaban J connectivity index is 2.04. The molecule has 0 fully saturated rings. The number of nitrogens with one attached hydrogen (secondary N) is 2. The Kier molecular flexibility index (Phi) is 4.51. The molecule has 0 saturated heterocycles. The molecule has 0 saturated carbocycles. The van der Waals surface area contributed by atoms with E-state index in [9.17, 15) is 4.79 Å². The van der Waals surface area contributed by atoms with Gasteiger partial charge in [-0.25, -0.2) is 4.98 Å². The standard InChI is InChI=1S/C12H15N5OS/c1-3-14-11(18)8(2)19-12-15-10(16-17-12)9-4-6-13-7-5-9/h4-8H,3H2,1-2H3,(H,14,18)(H,15,16,17)/t8-/m0/s1. The molecule has 1 atom stereocenters. The van der Waals surface area contributed by atoms with Gasteiger partial charge in [0.15, 0.2) is 5.82 Å². The summed E-state index contributed by atoms with van der Waals surface area (Å²) in [5, 5.41) is 10.1. The lowest BCUT2D eigenvalue weighted by Gasteiger charge is -2.07. The first-order valence-electron chi connectivity index (χ1n) is 5.98. The maximum Gasteiger partial charge on any atom is 0.233 e. The lowest BCUT2D eigenvalue weighted by molar-refractivity contribution is -0.120. The second-order valence-corrected chi connectivity index (χ2v) is 5.17. The van der Waals surface area contributed by atoms with Gasteiger partial charge in [0.25, 0.3) is 0 Å². The van der Waals surface area contributed by atoms with E-state index in [4.69, 9.17) is 0 Å². The van der Waals surface area contributed by atoms with Crippen LogP contribution < -0.4 is 5.32 Å². The molecule has 2 N–H and O–H groups in total. The Morgan fingerprint density at radius 3 is 2.89 bits per heavy atom. The van der Waals surface area contributed by atoms with Crippen LogP contribution in [0.25, 0.3) is 11.4 Å². The van der Waals surface area contributed by atoms with Crippen molar-refractivity contribution >= 4 is 17.7 Å². The topological polar surface area (TPSA) is 83.6 Å². The van der Waals surface area contributed by atoms with Crippen molar-refractivity contribution in [1.82, 2.24) is 25.5 Å². The number of amides is 1.